The number of aryl methyl sites for hydroxylation is 1. The van der Waals surface area contributed by atoms with Crippen molar-refractivity contribution >= 4 is 10.9 Å². The highest BCUT2D eigenvalue weighted by Crippen LogP contribution is 2.21. The first kappa shape index (κ1) is 11.6. The Morgan fingerprint density at radius 1 is 1.41 bits per heavy atom. The van der Waals surface area contributed by atoms with E-state index in [1.165, 1.54) is 6.07 Å². The molecule has 0 bridgehead atoms. The maximum absolute atomic E-state index is 13.7. The van der Waals surface area contributed by atoms with Crippen LogP contribution in [0.1, 0.15) is 30.9 Å². The van der Waals surface area contributed by atoms with Gasteiger partial charge in [0.1, 0.15) is 5.82 Å². The number of unbranched alkanes of at least 4 members (excludes halogenated alkanes) is 1. The topological polar surface area (TPSA) is 12.9 Å². The highest BCUT2D eigenvalue weighted by Gasteiger charge is 2.06. The lowest BCUT2D eigenvalue weighted by Crippen LogP contribution is -1.92. The van der Waals surface area contributed by atoms with Crippen molar-refractivity contribution in [2.45, 2.75) is 26.2 Å². The molecule has 0 amide bonds. The average Bonchev–Trinajstić information content (AvgIpc) is 2.37. The van der Waals surface area contributed by atoms with Crippen LogP contribution in [0.4, 0.5) is 4.39 Å². The smallest absolute Gasteiger partial charge is 0.132 e. The SMILES string of the molecule is C#Cc1ccc(F)c2cc(CCCC)cnc12. The molecule has 0 spiro atoms. The lowest BCUT2D eigenvalue weighted by Gasteiger charge is -2.05. The Labute approximate surface area is 101 Å². The van der Waals surface area contributed by atoms with Crippen molar-refractivity contribution in [2.75, 3.05) is 0 Å². The minimum atomic E-state index is -0.259. The number of aromatic nitrogens is 1. The van der Waals surface area contributed by atoms with Gasteiger partial charge in [-0.25, -0.2) is 4.39 Å². The van der Waals surface area contributed by atoms with Crippen LogP contribution in [0, 0.1) is 18.2 Å². The fraction of sp³-hybridized carbons (Fsp3) is 0.267. The number of terminal acetylenes is 1. The molecule has 2 rings (SSSR count). The molecule has 0 unspecified atom stereocenters. The number of fused-ring (bicyclic) bond motifs is 1. The summed E-state index contributed by atoms with van der Waals surface area (Å²) in [5.74, 6) is 2.27. The Balaban J connectivity index is 2.54. The largest absolute Gasteiger partial charge is 0.255 e. The van der Waals surface area contributed by atoms with Gasteiger partial charge in [0.25, 0.3) is 0 Å². The Bertz CT molecular complexity index is 581. The molecule has 1 aromatic carbocycles. The fourth-order valence-electron chi connectivity index (χ4n) is 1.86. The van der Waals surface area contributed by atoms with Gasteiger partial charge in [-0.15, -0.1) is 6.42 Å². The van der Waals surface area contributed by atoms with Crippen molar-refractivity contribution in [1.29, 1.82) is 0 Å². The van der Waals surface area contributed by atoms with Crippen LogP contribution in [0.5, 0.6) is 0 Å². The van der Waals surface area contributed by atoms with Crippen LogP contribution < -0.4 is 0 Å². The summed E-state index contributed by atoms with van der Waals surface area (Å²) in [5, 5.41) is 0.522. The van der Waals surface area contributed by atoms with Crippen LogP contribution in [0.3, 0.4) is 0 Å². The second-order valence-electron chi connectivity index (χ2n) is 4.08. The first-order chi connectivity index (χ1) is 8.26. The van der Waals surface area contributed by atoms with Gasteiger partial charge in [-0.3, -0.25) is 4.98 Å². The molecule has 17 heavy (non-hydrogen) atoms. The number of nitrogens with zero attached hydrogens (tertiary/aromatic N) is 1. The zero-order chi connectivity index (χ0) is 12.3. The quantitative estimate of drug-likeness (QED) is 0.728. The average molecular weight is 227 g/mol. The van der Waals surface area contributed by atoms with Crippen molar-refractivity contribution in [2.24, 2.45) is 0 Å². The molecule has 0 saturated carbocycles. The minimum Gasteiger partial charge on any atom is -0.255 e. The summed E-state index contributed by atoms with van der Waals surface area (Å²) in [7, 11) is 0. The Kier molecular flexibility index (Phi) is 3.39. The second-order valence-corrected chi connectivity index (χ2v) is 4.08. The van der Waals surface area contributed by atoms with Crippen molar-refractivity contribution < 1.29 is 4.39 Å². The van der Waals surface area contributed by atoms with E-state index in [9.17, 15) is 4.39 Å². The molecule has 0 atom stereocenters. The number of halogens is 1. The molecule has 86 valence electrons. The van der Waals surface area contributed by atoms with Crippen LogP contribution in [-0.4, -0.2) is 4.98 Å². The molecular formula is C15H14FN. The lowest BCUT2D eigenvalue weighted by molar-refractivity contribution is 0.639. The predicted octanol–water partition coefficient (Wildman–Crippen LogP) is 3.70. The summed E-state index contributed by atoms with van der Waals surface area (Å²) >= 11 is 0. The van der Waals surface area contributed by atoms with Gasteiger partial charge in [-0.1, -0.05) is 19.3 Å². The molecule has 0 aliphatic heterocycles. The number of benzene rings is 1. The first-order valence-corrected chi connectivity index (χ1v) is 5.80. The van der Waals surface area contributed by atoms with Gasteiger partial charge >= 0.3 is 0 Å². The monoisotopic (exact) mass is 227 g/mol. The third kappa shape index (κ3) is 2.29. The van der Waals surface area contributed by atoms with Crippen molar-refractivity contribution in [1.82, 2.24) is 4.98 Å². The molecule has 0 aliphatic rings. The van der Waals surface area contributed by atoms with Crippen LogP contribution in [-0.2, 0) is 6.42 Å². The van der Waals surface area contributed by atoms with E-state index in [1.54, 1.807) is 12.3 Å². The zero-order valence-corrected chi connectivity index (χ0v) is 9.83. The number of hydrogen-bond acceptors (Lipinski definition) is 1. The van der Waals surface area contributed by atoms with E-state index in [0.717, 1.165) is 24.8 Å². The number of pyridine rings is 1. The zero-order valence-electron chi connectivity index (χ0n) is 9.83. The van der Waals surface area contributed by atoms with Crippen LogP contribution in [0.2, 0.25) is 0 Å². The summed E-state index contributed by atoms with van der Waals surface area (Å²) in [5.41, 5.74) is 2.28. The molecular weight excluding hydrogens is 213 g/mol. The maximum atomic E-state index is 13.7. The maximum Gasteiger partial charge on any atom is 0.132 e. The van der Waals surface area contributed by atoms with Crippen LogP contribution in [0.25, 0.3) is 10.9 Å². The third-order valence-corrected chi connectivity index (χ3v) is 2.83. The Morgan fingerprint density at radius 2 is 2.24 bits per heavy atom. The molecule has 0 radical (unpaired) electrons. The van der Waals surface area contributed by atoms with E-state index in [2.05, 4.69) is 17.8 Å². The standard InChI is InChI=1S/C15H14FN/c1-3-5-6-11-9-13-14(16)8-7-12(4-2)15(13)17-10-11/h2,7-10H,3,5-6H2,1H3. The third-order valence-electron chi connectivity index (χ3n) is 2.83. The predicted molar refractivity (Wildman–Crippen MR) is 68.2 cm³/mol. The van der Waals surface area contributed by atoms with Gasteiger partial charge in [0.2, 0.25) is 0 Å². The van der Waals surface area contributed by atoms with E-state index in [-0.39, 0.29) is 5.82 Å². The summed E-state index contributed by atoms with van der Waals surface area (Å²) in [4.78, 5) is 4.28. The van der Waals surface area contributed by atoms with E-state index < -0.39 is 0 Å². The van der Waals surface area contributed by atoms with Gasteiger partial charge in [0, 0.05) is 11.6 Å². The Hall–Kier alpha value is -1.88. The van der Waals surface area contributed by atoms with Gasteiger partial charge in [-0.05, 0) is 36.6 Å². The van der Waals surface area contributed by atoms with Gasteiger partial charge in [0.05, 0.1) is 11.1 Å². The fourth-order valence-corrected chi connectivity index (χ4v) is 1.86. The summed E-state index contributed by atoms with van der Waals surface area (Å²) < 4.78 is 13.7. The van der Waals surface area contributed by atoms with Crippen molar-refractivity contribution in [3.05, 3.63) is 41.3 Å². The molecule has 0 aliphatic carbocycles. The normalized spacial score (nSPS) is 10.4. The second kappa shape index (κ2) is 4.97. The highest BCUT2D eigenvalue weighted by molar-refractivity contribution is 5.85. The molecule has 0 saturated heterocycles. The molecule has 1 nitrogen and oxygen atoms in total. The van der Waals surface area contributed by atoms with Crippen molar-refractivity contribution in [3.63, 3.8) is 0 Å². The Morgan fingerprint density at radius 3 is 2.94 bits per heavy atom. The van der Waals surface area contributed by atoms with Crippen LogP contribution in [0.15, 0.2) is 24.4 Å². The van der Waals surface area contributed by atoms with E-state index in [4.69, 9.17) is 6.42 Å². The molecule has 2 aromatic rings. The van der Waals surface area contributed by atoms with Crippen molar-refractivity contribution in [3.8, 4) is 12.3 Å². The number of rotatable bonds is 3. The van der Waals surface area contributed by atoms with E-state index in [1.807, 2.05) is 6.07 Å². The van der Waals surface area contributed by atoms with Crippen LogP contribution >= 0.6 is 0 Å². The molecule has 2 heteroatoms. The van der Waals surface area contributed by atoms with Gasteiger partial charge in [-0.2, -0.15) is 0 Å². The summed E-state index contributed by atoms with van der Waals surface area (Å²) in [6.45, 7) is 2.13. The molecule has 1 heterocycles. The number of hydrogen-bond donors (Lipinski definition) is 0. The minimum absolute atomic E-state index is 0.259. The van der Waals surface area contributed by atoms with Gasteiger partial charge < -0.3 is 0 Å². The molecule has 0 N–H and O–H groups in total. The summed E-state index contributed by atoms with van der Waals surface area (Å²) in [6, 6.07) is 4.85. The highest BCUT2D eigenvalue weighted by atomic mass is 19.1. The van der Waals surface area contributed by atoms with Gasteiger partial charge in [0.15, 0.2) is 0 Å². The van der Waals surface area contributed by atoms with E-state index >= 15 is 0 Å². The summed E-state index contributed by atoms with van der Waals surface area (Å²) in [6.07, 6.45) is 10.3. The molecule has 0 fully saturated rings. The first-order valence-electron chi connectivity index (χ1n) is 5.80. The van der Waals surface area contributed by atoms with E-state index in [0.29, 0.717) is 16.5 Å². The lowest BCUT2D eigenvalue weighted by atomic mass is 10.1. The molecule has 1 aromatic heterocycles.